The van der Waals surface area contributed by atoms with Crippen LogP contribution in [-0.2, 0) is 11.2 Å². The number of rotatable bonds is 1. The van der Waals surface area contributed by atoms with Crippen LogP contribution < -0.4 is 0 Å². The Morgan fingerprint density at radius 1 is 1.13 bits per heavy atom. The molecule has 2 aromatic rings. The number of amidine groups is 1. The molecule has 3 nitrogen and oxygen atoms in total. The summed E-state index contributed by atoms with van der Waals surface area (Å²) in [6.07, 6.45) is 2.00. The van der Waals surface area contributed by atoms with Crippen LogP contribution in [0.4, 0.5) is 0 Å². The molecule has 3 heterocycles. The molecule has 114 valence electrons. The zero-order chi connectivity index (χ0) is 15.4. The van der Waals surface area contributed by atoms with Crippen molar-refractivity contribution < 1.29 is 4.79 Å². The molecule has 5 rings (SSSR count). The molecule has 0 N–H and O–H groups in total. The first-order valence-corrected chi connectivity index (χ1v) is 9.58. The van der Waals surface area contributed by atoms with Crippen LogP contribution in [0.5, 0.6) is 0 Å². The second-order valence-corrected chi connectivity index (χ2v) is 7.82. The number of fused-ring (bicyclic) bond motifs is 3. The summed E-state index contributed by atoms with van der Waals surface area (Å²) in [5.74, 6) is 0.681. The molecular weight excluding hydrogens is 324 g/mol. The third-order valence-corrected chi connectivity index (χ3v) is 6.51. The van der Waals surface area contributed by atoms with Crippen LogP contribution in [-0.4, -0.2) is 21.7 Å². The fraction of sp³-hybridized carbons (Fsp3) is 0.222. The number of amides is 1. The minimum absolute atomic E-state index is 0.0355. The van der Waals surface area contributed by atoms with Crippen molar-refractivity contribution in [2.24, 2.45) is 4.99 Å². The van der Waals surface area contributed by atoms with Crippen LogP contribution in [0.1, 0.15) is 28.5 Å². The molecule has 23 heavy (non-hydrogen) atoms. The smallest absolute Gasteiger partial charge is 0.239 e. The van der Waals surface area contributed by atoms with E-state index in [1.165, 1.54) is 21.6 Å². The third-order valence-electron chi connectivity index (χ3n) is 4.65. The predicted molar refractivity (Wildman–Crippen MR) is 95.5 cm³/mol. The maximum atomic E-state index is 12.4. The maximum absolute atomic E-state index is 12.4. The van der Waals surface area contributed by atoms with Crippen molar-refractivity contribution in [2.75, 3.05) is 5.75 Å². The van der Waals surface area contributed by atoms with Crippen molar-refractivity contribution in [3.05, 3.63) is 63.4 Å². The average molecular weight is 338 g/mol. The van der Waals surface area contributed by atoms with Crippen LogP contribution >= 0.6 is 23.1 Å². The maximum Gasteiger partial charge on any atom is 0.239 e. The van der Waals surface area contributed by atoms with Gasteiger partial charge in [-0.15, -0.1) is 11.3 Å². The molecule has 0 saturated carbocycles. The van der Waals surface area contributed by atoms with Crippen LogP contribution in [0.25, 0.3) is 5.70 Å². The Kier molecular flexibility index (Phi) is 3.00. The van der Waals surface area contributed by atoms with Crippen LogP contribution in [0.15, 0.2) is 52.3 Å². The first-order chi connectivity index (χ1) is 11.3. The largest absolute Gasteiger partial charge is 0.278 e. The molecule has 2 aliphatic heterocycles. The van der Waals surface area contributed by atoms with E-state index in [9.17, 15) is 4.79 Å². The first-order valence-electron chi connectivity index (χ1n) is 7.71. The summed E-state index contributed by atoms with van der Waals surface area (Å²) in [6.45, 7) is 0. The third kappa shape index (κ3) is 1.96. The highest BCUT2D eigenvalue weighted by Crippen LogP contribution is 2.48. The van der Waals surface area contributed by atoms with Gasteiger partial charge in [-0.1, -0.05) is 42.1 Å². The fourth-order valence-electron chi connectivity index (χ4n) is 3.64. The lowest BCUT2D eigenvalue weighted by Crippen LogP contribution is -2.37. The molecular formula is C18H14N2OS2. The Morgan fingerprint density at radius 3 is 2.91 bits per heavy atom. The van der Waals surface area contributed by atoms with Gasteiger partial charge in [-0.25, -0.2) is 4.99 Å². The average Bonchev–Trinajstić information content (AvgIpc) is 3.23. The number of nitrogens with zero attached hydrogens (tertiary/aromatic N) is 2. The lowest BCUT2D eigenvalue weighted by Gasteiger charge is -2.36. The molecule has 1 aromatic carbocycles. The predicted octanol–water partition coefficient (Wildman–Crippen LogP) is 4.09. The van der Waals surface area contributed by atoms with Crippen LogP contribution in [0.2, 0.25) is 0 Å². The molecule has 0 spiro atoms. The van der Waals surface area contributed by atoms with Gasteiger partial charge in [0.2, 0.25) is 5.91 Å². The Hall–Kier alpha value is -1.85. The summed E-state index contributed by atoms with van der Waals surface area (Å²) in [4.78, 5) is 20.5. The number of aliphatic imine (C=N–C) groups is 1. The number of aryl methyl sites for hydroxylation is 1. The molecule has 1 aromatic heterocycles. The molecule has 5 heteroatoms. The summed E-state index contributed by atoms with van der Waals surface area (Å²) in [5, 5.41) is 2.95. The van der Waals surface area contributed by atoms with Crippen molar-refractivity contribution in [2.45, 2.75) is 18.9 Å². The van der Waals surface area contributed by atoms with Gasteiger partial charge in [-0.3, -0.25) is 9.69 Å². The van der Waals surface area contributed by atoms with E-state index >= 15 is 0 Å². The van der Waals surface area contributed by atoms with Gasteiger partial charge >= 0.3 is 0 Å². The zero-order valence-electron chi connectivity index (χ0n) is 12.4. The number of hydrogen-bond donors (Lipinski definition) is 0. The number of hydrogen-bond acceptors (Lipinski definition) is 4. The SMILES string of the molecule is O=C1CSC2=NC3=C(CCc4ccccc43)[C@H](c3cccs3)N12. The topological polar surface area (TPSA) is 32.7 Å². The van der Waals surface area contributed by atoms with E-state index in [0.29, 0.717) is 5.75 Å². The van der Waals surface area contributed by atoms with Crippen LogP contribution in [0.3, 0.4) is 0 Å². The van der Waals surface area contributed by atoms with Gasteiger partial charge in [-0.2, -0.15) is 0 Å². The molecule has 1 fully saturated rings. The van der Waals surface area contributed by atoms with Crippen molar-refractivity contribution in [1.29, 1.82) is 0 Å². The van der Waals surface area contributed by atoms with Gasteiger partial charge in [0.15, 0.2) is 5.17 Å². The minimum atomic E-state index is 0.0355. The summed E-state index contributed by atoms with van der Waals surface area (Å²) < 4.78 is 0. The molecule has 1 amide bonds. The van der Waals surface area contributed by atoms with Gasteiger partial charge in [0.25, 0.3) is 0 Å². The summed E-state index contributed by atoms with van der Waals surface area (Å²) in [6, 6.07) is 12.8. The van der Waals surface area contributed by atoms with Crippen LogP contribution in [0, 0.1) is 0 Å². The number of benzene rings is 1. The molecule has 1 aliphatic carbocycles. The lowest BCUT2D eigenvalue weighted by atomic mass is 9.84. The van der Waals surface area contributed by atoms with Gasteiger partial charge in [-0.05, 0) is 35.4 Å². The molecule has 0 unspecified atom stereocenters. The van der Waals surface area contributed by atoms with Crippen molar-refractivity contribution in [3.63, 3.8) is 0 Å². The second kappa shape index (κ2) is 5.08. The molecule has 0 radical (unpaired) electrons. The Morgan fingerprint density at radius 2 is 2.04 bits per heavy atom. The van der Waals surface area contributed by atoms with E-state index in [4.69, 9.17) is 4.99 Å². The standard InChI is InChI=1S/C18H14N2OS2/c21-15-10-23-18-19-16-12-5-2-1-4-11(12)7-8-13(16)17(20(15)18)14-6-3-9-22-14/h1-6,9,17H,7-8,10H2/t17-/m1/s1. The molecule has 1 atom stereocenters. The lowest BCUT2D eigenvalue weighted by molar-refractivity contribution is -0.125. The number of carbonyl (C=O) groups excluding carboxylic acids is 1. The second-order valence-electron chi connectivity index (χ2n) is 5.90. The zero-order valence-corrected chi connectivity index (χ0v) is 14.0. The molecule has 3 aliphatic rings. The summed E-state index contributed by atoms with van der Waals surface area (Å²) in [7, 11) is 0. The highest BCUT2D eigenvalue weighted by Gasteiger charge is 2.42. The van der Waals surface area contributed by atoms with E-state index in [0.717, 1.165) is 23.7 Å². The minimum Gasteiger partial charge on any atom is -0.278 e. The highest BCUT2D eigenvalue weighted by atomic mass is 32.2. The highest BCUT2D eigenvalue weighted by molar-refractivity contribution is 8.15. The Balaban J connectivity index is 1.75. The van der Waals surface area contributed by atoms with E-state index in [1.807, 2.05) is 4.90 Å². The molecule has 0 bridgehead atoms. The van der Waals surface area contributed by atoms with E-state index in [2.05, 4.69) is 41.8 Å². The monoisotopic (exact) mass is 338 g/mol. The normalized spacial score (nSPS) is 22.6. The van der Waals surface area contributed by atoms with Crippen molar-refractivity contribution in [1.82, 2.24) is 4.90 Å². The fourth-order valence-corrected chi connectivity index (χ4v) is 5.38. The number of thiophene rings is 1. The van der Waals surface area contributed by atoms with Gasteiger partial charge in [0.05, 0.1) is 17.5 Å². The summed E-state index contributed by atoms with van der Waals surface area (Å²) >= 11 is 3.29. The quantitative estimate of drug-likeness (QED) is 0.784. The number of carbonyl (C=O) groups is 1. The Bertz CT molecular complexity index is 867. The van der Waals surface area contributed by atoms with Gasteiger partial charge in [0.1, 0.15) is 0 Å². The number of thioether (sulfide) groups is 1. The van der Waals surface area contributed by atoms with E-state index in [1.54, 1.807) is 23.1 Å². The van der Waals surface area contributed by atoms with Crippen molar-refractivity contribution in [3.8, 4) is 0 Å². The first kappa shape index (κ1) is 13.6. The molecule has 1 saturated heterocycles. The Labute approximate surface area is 142 Å². The van der Waals surface area contributed by atoms with E-state index in [-0.39, 0.29) is 11.9 Å². The van der Waals surface area contributed by atoms with Crippen molar-refractivity contribution >= 4 is 39.9 Å². The summed E-state index contributed by atoms with van der Waals surface area (Å²) in [5.41, 5.74) is 5.00. The van der Waals surface area contributed by atoms with Gasteiger partial charge in [0, 0.05) is 10.4 Å². The van der Waals surface area contributed by atoms with Gasteiger partial charge < -0.3 is 0 Å². The van der Waals surface area contributed by atoms with E-state index < -0.39 is 0 Å².